The average Bonchev–Trinajstić information content (AvgIpc) is 2.93. The van der Waals surface area contributed by atoms with Crippen molar-refractivity contribution in [2.45, 2.75) is 6.92 Å². The smallest absolute Gasteiger partial charge is 0.219 e. The molecule has 112 valence electrons. The number of rotatable bonds is 4. The Morgan fingerprint density at radius 1 is 1.27 bits per heavy atom. The molecule has 0 bridgehead atoms. The van der Waals surface area contributed by atoms with Crippen molar-refractivity contribution in [2.75, 3.05) is 7.11 Å². The van der Waals surface area contributed by atoms with Crippen LogP contribution in [0.4, 0.5) is 0 Å². The summed E-state index contributed by atoms with van der Waals surface area (Å²) in [5, 5.41) is 0.907. The topological polar surface area (TPSA) is 73.2 Å². The Labute approximate surface area is 133 Å². The molecule has 0 amide bonds. The number of nitrogens with one attached hydrogen (secondary N) is 1. The third kappa shape index (κ3) is 2.73. The van der Waals surface area contributed by atoms with Crippen LogP contribution >= 0.6 is 12.2 Å². The van der Waals surface area contributed by atoms with E-state index in [9.17, 15) is 0 Å². The highest BCUT2D eigenvalue weighted by molar-refractivity contribution is 7.80. The molecule has 6 heteroatoms. The number of H-pyrrole nitrogens is 1. The predicted octanol–water partition coefficient (Wildman–Crippen LogP) is 3.31. The number of aromatic nitrogens is 2. The van der Waals surface area contributed by atoms with Gasteiger partial charge in [-0.25, -0.2) is 4.98 Å². The number of nitrogens with two attached hydrogens (primary N) is 1. The van der Waals surface area contributed by atoms with Crippen LogP contribution in [-0.4, -0.2) is 22.1 Å². The van der Waals surface area contributed by atoms with Gasteiger partial charge < -0.3 is 20.2 Å². The van der Waals surface area contributed by atoms with Crippen molar-refractivity contribution >= 4 is 28.1 Å². The maximum atomic E-state index is 5.78. The van der Waals surface area contributed by atoms with Crippen LogP contribution in [0, 0.1) is 6.92 Å². The van der Waals surface area contributed by atoms with E-state index in [1.165, 1.54) is 0 Å². The zero-order chi connectivity index (χ0) is 15.7. The average molecular weight is 313 g/mol. The molecular formula is C16H15N3O2S. The lowest BCUT2D eigenvalue weighted by Crippen LogP contribution is -2.09. The fourth-order valence-electron chi connectivity index (χ4n) is 2.17. The molecule has 3 rings (SSSR count). The van der Waals surface area contributed by atoms with E-state index in [-0.39, 0.29) is 0 Å². The SMILES string of the molecule is COc1cc(Oc2ccc(C)cn2)cc2cc(C(N)=S)[nH]c12. The van der Waals surface area contributed by atoms with Crippen LogP contribution in [0.15, 0.2) is 36.5 Å². The maximum absolute atomic E-state index is 5.78. The van der Waals surface area contributed by atoms with Gasteiger partial charge in [-0.05, 0) is 24.6 Å². The molecule has 2 heterocycles. The van der Waals surface area contributed by atoms with Crippen LogP contribution in [0.5, 0.6) is 17.4 Å². The van der Waals surface area contributed by atoms with Crippen molar-refractivity contribution in [2.24, 2.45) is 5.73 Å². The summed E-state index contributed by atoms with van der Waals surface area (Å²) in [6.45, 7) is 1.98. The van der Waals surface area contributed by atoms with Crippen molar-refractivity contribution in [1.29, 1.82) is 0 Å². The van der Waals surface area contributed by atoms with Gasteiger partial charge in [-0.2, -0.15) is 0 Å². The molecule has 5 nitrogen and oxygen atoms in total. The number of pyridine rings is 1. The van der Waals surface area contributed by atoms with Gasteiger partial charge >= 0.3 is 0 Å². The summed E-state index contributed by atoms with van der Waals surface area (Å²) in [5.41, 5.74) is 8.26. The zero-order valence-electron chi connectivity index (χ0n) is 12.2. The number of ether oxygens (including phenoxy) is 2. The fraction of sp³-hybridized carbons (Fsp3) is 0.125. The van der Waals surface area contributed by atoms with Crippen molar-refractivity contribution in [3.05, 3.63) is 47.8 Å². The van der Waals surface area contributed by atoms with Crippen LogP contribution in [0.1, 0.15) is 11.3 Å². The Balaban J connectivity index is 2.02. The molecule has 1 aromatic carbocycles. The number of nitrogens with zero attached hydrogens (tertiary/aromatic N) is 1. The Morgan fingerprint density at radius 2 is 2.09 bits per heavy atom. The van der Waals surface area contributed by atoms with Gasteiger partial charge in [0.15, 0.2) is 0 Å². The highest BCUT2D eigenvalue weighted by Gasteiger charge is 2.11. The summed E-state index contributed by atoms with van der Waals surface area (Å²) in [4.78, 5) is 7.69. The molecule has 0 atom stereocenters. The van der Waals surface area contributed by atoms with Crippen molar-refractivity contribution in [1.82, 2.24) is 9.97 Å². The molecule has 3 N–H and O–H groups in total. The van der Waals surface area contributed by atoms with Gasteiger partial charge in [0.05, 0.1) is 18.3 Å². The van der Waals surface area contributed by atoms with Crippen LogP contribution in [0.25, 0.3) is 10.9 Å². The molecule has 0 unspecified atom stereocenters. The number of fused-ring (bicyclic) bond motifs is 1. The van der Waals surface area contributed by atoms with E-state index in [1.54, 1.807) is 19.4 Å². The van der Waals surface area contributed by atoms with E-state index < -0.39 is 0 Å². The Kier molecular flexibility index (Phi) is 3.68. The fourth-order valence-corrected chi connectivity index (χ4v) is 2.28. The quantitative estimate of drug-likeness (QED) is 0.723. The van der Waals surface area contributed by atoms with Crippen LogP contribution in [0.2, 0.25) is 0 Å². The lowest BCUT2D eigenvalue weighted by Gasteiger charge is -2.08. The third-order valence-corrected chi connectivity index (χ3v) is 3.48. The first kappa shape index (κ1) is 14.3. The molecule has 0 aliphatic heterocycles. The Hall–Kier alpha value is -2.60. The van der Waals surface area contributed by atoms with Crippen LogP contribution in [-0.2, 0) is 0 Å². The molecule has 0 radical (unpaired) electrons. The zero-order valence-corrected chi connectivity index (χ0v) is 13.0. The van der Waals surface area contributed by atoms with E-state index in [2.05, 4.69) is 9.97 Å². The molecule has 2 aromatic heterocycles. The number of hydrogen-bond acceptors (Lipinski definition) is 4. The lowest BCUT2D eigenvalue weighted by molar-refractivity contribution is 0.411. The van der Waals surface area contributed by atoms with Gasteiger partial charge in [0.25, 0.3) is 0 Å². The standard InChI is InChI=1S/C16H15N3O2S/c1-9-3-4-14(18-8-9)21-11-5-10-6-12(16(17)22)19-15(10)13(7-11)20-2/h3-8,19H,1-2H3,(H2,17,22). The van der Waals surface area contributed by atoms with Gasteiger partial charge in [0.1, 0.15) is 16.5 Å². The molecule has 0 fully saturated rings. The second-order valence-corrected chi connectivity index (χ2v) is 5.35. The van der Waals surface area contributed by atoms with Crippen molar-refractivity contribution in [3.63, 3.8) is 0 Å². The van der Waals surface area contributed by atoms with E-state index in [4.69, 9.17) is 27.4 Å². The van der Waals surface area contributed by atoms with E-state index in [0.717, 1.165) is 16.5 Å². The van der Waals surface area contributed by atoms with Crippen molar-refractivity contribution < 1.29 is 9.47 Å². The normalized spacial score (nSPS) is 10.6. The molecule has 0 aliphatic rings. The van der Waals surface area contributed by atoms with Crippen LogP contribution < -0.4 is 15.2 Å². The molecule has 0 aliphatic carbocycles. The predicted molar refractivity (Wildman–Crippen MR) is 89.8 cm³/mol. The third-order valence-electron chi connectivity index (χ3n) is 3.26. The number of benzene rings is 1. The maximum Gasteiger partial charge on any atom is 0.219 e. The summed E-state index contributed by atoms with van der Waals surface area (Å²) >= 11 is 5.00. The summed E-state index contributed by atoms with van der Waals surface area (Å²) in [5.74, 6) is 1.81. The molecule has 0 saturated carbocycles. The van der Waals surface area contributed by atoms with Gasteiger partial charge in [-0.3, -0.25) is 0 Å². The number of aryl methyl sites for hydroxylation is 1. The minimum Gasteiger partial charge on any atom is -0.494 e. The van der Waals surface area contributed by atoms with Gasteiger partial charge in [0, 0.05) is 23.7 Å². The van der Waals surface area contributed by atoms with Crippen LogP contribution in [0.3, 0.4) is 0 Å². The van der Waals surface area contributed by atoms with E-state index in [0.29, 0.717) is 28.1 Å². The lowest BCUT2D eigenvalue weighted by atomic mass is 10.2. The molecule has 22 heavy (non-hydrogen) atoms. The first-order chi connectivity index (χ1) is 10.6. The van der Waals surface area contributed by atoms with E-state index >= 15 is 0 Å². The summed E-state index contributed by atoms with van der Waals surface area (Å²) < 4.78 is 11.2. The van der Waals surface area contributed by atoms with E-state index in [1.807, 2.05) is 31.2 Å². The highest BCUT2D eigenvalue weighted by Crippen LogP contribution is 2.33. The molecule has 0 spiro atoms. The minimum atomic E-state index is 0.306. The number of aromatic amines is 1. The molecular weight excluding hydrogens is 298 g/mol. The van der Waals surface area contributed by atoms with Gasteiger partial charge in [0.2, 0.25) is 5.88 Å². The Morgan fingerprint density at radius 3 is 2.73 bits per heavy atom. The minimum absolute atomic E-state index is 0.306. The summed E-state index contributed by atoms with van der Waals surface area (Å²) in [6.07, 6.45) is 1.76. The van der Waals surface area contributed by atoms with Gasteiger partial charge in [-0.15, -0.1) is 0 Å². The van der Waals surface area contributed by atoms with Gasteiger partial charge in [-0.1, -0.05) is 18.3 Å². The first-order valence-corrected chi connectivity index (χ1v) is 7.08. The number of hydrogen-bond donors (Lipinski definition) is 2. The second kappa shape index (κ2) is 5.65. The highest BCUT2D eigenvalue weighted by atomic mass is 32.1. The summed E-state index contributed by atoms with van der Waals surface area (Å²) in [6, 6.07) is 9.32. The Bertz CT molecular complexity index is 840. The number of thiocarbonyl (C=S) groups is 1. The monoisotopic (exact) mass is 313 g/mol. The molecule has 0 saturated heterocycles. The largest absolute Gasteiger partial charge is 0.494 e. The first-order valence-electron chi connectivity index (χ1n) is 6.68. The molecule has 3 aromatic rings. The second-order valence-electron chi connectivity index (χ2n) is 4.91. The summed E-state index contributed by atoms with van der Waals surface area (Å²) in [7, 11) is 1.60. The van der Waals surface area contributed by atoms with Crippen molar-refractivity contribution in [3.8, 4) is 17.4 Å². The number of methoxy groups -OCH3 is 1.